The van der Waals surface area contributed by atoms with Crippen LogP contribution in [0.5, 0.6) is 0 Å². The van der Waals surface area contributed by atoms with Crippen molar-refractivity contribution in [2.45, 2.75) is 13.5 Å². The molecule has 134 valence electrons. The van der Waals surface area contributed by atoms with Crippen molar-refractivity contribution in [3.63, 3.8) is 0 Å². The third-order valence-electron chi connectivity index (χ3n) is 4.06. The Morgan fingerprint density at radius 3 is 2.64 bits per heavy atom. The second kappa shape index (κ2) is 8.73. The number of benzene rings is 1. The van der Waals surface area contributed by atoms with E-state index in [2.05, 4.69) is 25.5 Å². The van der Waals surface area contributed by atoms with Gasteiger partial charge >= 0.3 is 0 Å². The average molecular weight is 345 g/mol. The van der Waals surface area contributed by atoms with Crippen LogP contribution in [0.2, 0.25) is 0 Å². The fourth-order valence-corrected chi connectivity index (χ4v) is 2.68. The van der Waals surface area contributed by atoms with Crippen molar-refractivity contribution in [3.05, 3.63) is 47.4 Å². The molecular weight excluding hydrogens is 321 g/mol. The van der Waals surface area contributed by atoms with Gasteiger partial charge in [0.2, 0.25) is 5.95 Å². The van der Waals surface area contributed by atoms with Crippen LogP contribution in [0.3, 0.4) is 0 Å². The maximum Gasteiger partial charge on any atom is 0.224 e. The van der Waals surface area contributed by atoms with E-state index in [1.165, 1.54) is 12.1 Å². The van der Waals surface area contributed by atoms with E-state index in [1.807, 2.05) is 13.0 Å². The standard InChI is InChI=1S/C18H24FN5O/c1-14-12-17(21-13-15-2-4-16(19)5-3-15)23-18(22-14)20-6-7-24-8-10-25-11-9-24/h2-5,12H,6-11,13H2,1H3,(H2,20,21,22,23). The second-order valence-electron chi connectivity index (χ2n) is 6.08. The smallest absolute Gasteiger partial charge is 0.224 e. The molecule has 2 N–H and O–H groups in total. The van der Waals surface area contributed by atoms with Crippen LogP contribution >= 0.6 is 0 Å². The predicted octanol–water partition coefficient (Wildman–Crippen LogP) is 2.28. The minimum atomic E-state index is -0.228. The quantitative estimate of drug-likeness (QED) is 0.803. The summed E-state index contributed by atoms with van der Waals surface area (Å²) >= 11 is 0. The lowest BCUT2D eigenvalue weighted by Gasteiger charge is -2.26. The van der Waals surface area contributed by atoms with Gasteiger partial charge in [0, 0.05) is 44.5 Å². The summed E-state index contributed by atoms with van der Waals surface area (Å²) in [5.74, 6) is 1.15. The van der Waals surface area contributed by atoms with Crippen LogP contribution in [0.25, 0.3) is 0 Å². The van der Waals surface area contributed by atoms with Gasteiger partial charge in [-0.05, 0) is 24.6 Å². The Morgan fingerprint density at radius 2 is 1.88 bits per heavy atom. The molecular formula is C18H24FN5O. The summed E-state index contributed by atoms with van der Waals surface area (Å²) in [6, 6.07) is 8.34. The Balaban J connectivity index is 1.51. The number of morpholine rings is 1. The molecule has 2 aromatic rings. The Labute approximate surface area is 147 Å². The molecule has 7 heteroatoms. The minimum Gasteiger partial charge on any atom is -0.379 e. The first-order chi connectivity index (χ1) is 12.2. The lowest BCUT2D eigenvalue weighted by molar-refractivity contribution is 0.0398. The number of halogens is 1. The molecule has 6 nitrogen and oxygen atoms in total. The fraction of sp³-hybridized carbons (Fsp3) is 0.444. The number of hydrogen-bond acceptors (Lipinski definition) is 6. The van der Waals surface area contributed by atoms with Gasteiger partial charge in [0.1, 0.15) is 11.6 Å². The summed E-state index contributed by atoms with van der Waals surface area (Å²) in [6.45, 7) is 7.82. The van der Waals surface area contributed by atoms with Crippen molar-refractivity contribution in [1.82, 2.24) is 14.9 Å². The monoisotopic (exact) mass is 345 g/mol. The molecule has 25 heavy (non-hydrogen) atoms. The molecule has 1 saturated heterocycles. The highest BCUT2D eigenvalue weighted by atomic mass is 19.1. The van der Waals surface area contributed by atoms with Gasteiger partial charge in [-0.2, -0.15) is 4.98 Å². The van der Waals surface area contributed by atoms with Crippen molar-refractivity contribution < 1.29 is 9.13 Å². The summed E-state index contributed by atoms with van der Waals surface area (Å²) < 4.78 is 18.3. The molecule has 1 aromatic heterocycles. The van der Waals surface area contributed by atoms with Crippen LogP contribution < -0.4 is 10.6 Å². The number of aryl methyl sites for hydroxylation is 1. The molecule has 0 spiro atoms. The van der Waals surface area contributed by atoms with Crippen molar-refractivity contribution in [2.75, 3.05) is 50.0 Å². The van der Waals surface area contributed by atoms with Crippen molar-refractivity contribution in [1.29, 1.82) is 0 Å². The van der Waals surface area contributed by atoms with E-state index in [0.717, 1.165) is 56.5 Å². The van der Waals surface area contributed by atoms with Crippen molar-refractivity contribution >= 4 is 11.8 Å². The van der Waals surface area contributed by atoms with E-state index in [1.54, 1.807) is 12.1 Å². The van der Waals surface area contributed by atoms with Crippen LogP contribution in [0.4, 0.5) is 16.2 Å². The molecule has 0 aliphatic carbocycles. The summed E-state index contributed by atoms with van der Waals surface area (Å²) in [5.41, 5.74) is 1.89. The highest BCUT2D eigenvalue weighted by Crippen LogP contribution is 2.12. The minimum absolute atomic E-state index is 0.228. The third-order valence-corrected chi connectivity index (χ3v) is 4.06. The fourth-order valence-electron chi connectivity index (χ4n) is 2.68. The Bertz CT molecular complexity index is 674. The zero-order valence-electron chi connectivity index (χ0n) is 14.5. The Kier molecular flexibility index (Phi) is 6.14. The number of ether oxygens (including phenoxy) is 1. The van der Waals surface area contributed by atoms with E-state index < -0.39 is 0 Å². The van der Waals surface area contributed by atoms with Crippen LogP contribution in [0.15, 0.2) is 30.3 Å². The largest absolute Gasteiger partial charge is 0.379 e. The zero-order chi connectivity index (χ0) is 17.5. The van der Waals surface area contributed by atoms with Gasteiger partial charge in [-0.1, -0.05) is 12.1 Å². The highest BCUT2D eigenvalue weighted by Gasteiger charge is 2.10. The van der Waals surface area contributed by atoms with E-state index in [9.17, 15) is 4.39 Å². The maximum atomic E-state index is 12.9. The molecule has 0 amide bonds. The Hall–Kier alpha value is -2.25. The van der Waals surface area contributed by atoms with Crippen molar-refractivity contribution in [3.8, 4) is 0 Å². The van der Waals surface area contributed by atoms with Gasteiger partial charge in [0.15, 0.2) is 0 Å². The Morgan fingerprint density at radius 1 is 1.12 bits per heavy atom. The average Bonchev–Trinajstić information content (AvgIpc) is 2.62. The molecule has 1 aromatic carbocycles. The SMILES string of the molecule is Cc1cc(NCc2ccc(F)cc2)nc(NCCN2CCOCC2)n1. The van der Waals surface area contributed by atoms with Gasteiger partial charge in [0.25, 0.3) is 0 Å². The zero-order valence-corrected chi connectivity index (χ0v) is 14.5. The van der Waals surface area contributed by atoms with Gasteiger partial charge in [-0.25, -0.2) is 9.37 Å². The van der Waals surface area contributed by atoms with Gasteiger partial charge in [0.05, 0.1) is 13.2 Å². The number of anilines is 2. The van der Waals surface area contributed by atoms with Crippen LogP contribution in [0, 0.1) is 12.7 Å². The molecule has 0 radical (unpaired) electrons. The van der Waals surface area contributed by atoms with Crippen molar-refractivity contribution in [2.24, 2.45) is 0 Å². The topological polar surface area (TPSA) is 62.3 Å². The number of rotatable bonds is 7. The van der Waals surface area contributed by atoms with Gasteiger partial charge < -0.3 is 15.4 Å². The lowest BCUT2D eigenvalue weighted by atomic mass is 10.2. The molecule has 0 atom stereocenters. The van der Waals surface area contributed by atoms with Crippen LogP contribution in [-0.4, -0.2) is 54.3 Å². The van der Waals surface area contributed by atoms with E-state index in [4.69, 9.17) is 4.74 Å². The molecule has 0 bridgehead atoms. The third kappa shape index (κ3) is 5.65. The summed E-state index contributed by atoms with van der Waals surface area (Å²) in [5, 5.41) is 6.55. The molecule has 1 aliphatic rings. The second-order valence-corrected chi connectivity index (χ2v) is 6.08. The number of aromatic nitrogens is 2. The van der Waals surface area contributed by atoms with E-state index >= 15 is 0 Å². The van der Waals surface area contributed by atoms with Crippen LogP contribution in [-0.2, 0) is 11.3 Å². The summed E-state index contributed by atoms with van der Waals surface area (Å²) in [4.78, 5) is 11.3. The molecule has 0 unspecified atom stereocenters. The molecule has 3 rings (SSSR count). The normalized spacial score (nSPS) is 15.1. The van der Waals surface area contributed by atoms with Gasteiger partial charge in [-0.3, -0.25) is 4.90 Å². The van der Waals surface area contributed by atoms with Gasteiger partial charge in [-0.15, -0.1) is 0 Å². The number of hydrogen-bond donors (Lipinski definition) is 2. The summed E-state index contributed by atoms with van der Waals surface area (Å²) in [7, 11) is 0. The maximum absolute atomic E-state index is 12.9. The molecule has 1 fully saturated rings. The van der Waals surface area contributed by atoms with Crippen LogP contribution in [0.1, 0.15) is 11.3 Å². The highest BCUT2D eigenvalue weighted by molar-refractivity contribution is 5.42. The number of nitrogens with zero attached hydrogens (tertiary/aromatic N) is 3. The number of nitrogens with one attached hydrogen (secondary N) is 2. The molecule has 1 aliphatic heterocycles. The lowest BCUT2D eigenvalue weighted by Crippen LogP contribution is -2.39. The predicted molar refractivity (Wildman–Crippen MR) is 96.2 cm³/mol. The van der Waals surface area contributed by atoms with E-state index in [0.29, 0.717) is 12.5 Å². The molecule has 0 saturated carbocycles. The van der Waals surface area contributed by atoms with E-state index in [-0.39, 0.29) is 5.82 Å². The first-order valence-electron chi connectivity index (χ1n) is 8.57. The molecule has 2 heterocycles. The summed E-state index contributed by atoms with van der Waals surface area (Å²) in [6.07, 6.45) is 0. The first kappa shape index (κ1) is 17.6. The first-order valence-corrected chi connectivity index (χ1v) is 8.57.